The minimum absolute atomic E-state index is 0.332. The fourth-order valence-corrected chi connectivity index (χ4v) is 2.93. The van der Waals surface area contributed by atoms with Crippen LogP contribution in [0.2, 0.25) is 5.02 Å². The second kappa shape index (κ2) is 4.57. The number of halogens is 1. The van der Waals surface area contributed by atoms with E-state index in [0.29, 0.717) is 5.90 Å². The number of carbonyl (C=O) groups is 1. The maximum Gasteiger partial charge on any atom is 0.337 e. The molecule has 21 heavy (non-hydrogen) atoms. The number of aliphatic imine (C=N–C) groups is 1. The van der Waals surface area contributed by atoms with E-state index < -0.39 is 0 Å². The summed E-state index contributed by atoms with van der Waals surface area (Å²) >= 11 is 6.05. The van der Waals surface area contributed by atoms with Crippen LogP contribution in [-0.4, -0.2) is 11.9 Å². The summed E-state index contributed by atoms with van der Waals surface area (Å²) in [4.78, 5) is 15.3. The van der Waals surface area contributed by atoms with Gasteiger partial charge in [-0.25, -0.2) is 9.79 Å². The van der Waals surface area contributed by atoms with Gasteiger partial charge in [0.05, 0.1) is 5.69 Å². The molecule has 0 amide bonds. The van der Waals surface area contributed by atoms with Crippen LogP contribution in [0.4, 0.5) is 5.69 Å². The first-order valence-corrected chi connectivity index (χ1v) is 6.97. The van der Waals surface area contributed by atoms with Crippen molar-refractivity contribution in [3.8, 4) is 11.1 Å². The van der Waals surface area contributed by atoms with Crippen molar-refractivity contribution in [1.82, 2.24) is 0 Å². The standard InChI is InChI=1S/C17H10ClNO2/c18-12-1-3-14-10(8-12)7-11-9-13(2-4-15(11)14)19-16-5-6-17(20)21-16/h1-6,8-9H,7H2. The number of benzene rings is 2. The highest BCUT2D eigenvalue weighted by Gasteiger charge is 2.19. The summed E-state index contributed by atoms with van der Waals surface area (Å²) < 4.78 is 4.94. The first kappa shape index (κ1) is 12.4. The highest BCUT2D eigenvalue weighted by Crippen LogP contribution is 2.39. The average molecular weight is 296 g/mol. The van der Waals surface area contributed by atoms with E-state index in [1.807, 2.05) is 24.3 Å². The quantitative estimate of drug-likeness (QED) is 0.635. The molecule has 0 radical (unpaired) electrons. The van der Waals surface area contributed by atoms with E-state index in [2.05, 4.69) is 17.1 Å². The molecule has 2 aromatic carbocycles. The lowest BCUT2D eigenvalue weighted by atomic mass is 10.1. The third-order valence-corrected chi connectivity index (χ3v) is 3.87. The van der Waals surface area contributed by atoms with E-state index in [1.54, 1.807) is 6.08 Å². The van der Waals surface area contributed by atoms with Gasteiger partial charge in [0.15, 0.2) is 0 Å². The summed E-state index contributed by atoms with van der Waals surface area (Å²) in [6, 6.07) is 12.0. The van der Waals surface area contributed by atoms with Crippen molar-refractivity contribution in [1.29, 1.82) is 0 Å². The Morgan fingerprint density at radius 2 is 1.76 bits per heavy atom. The number of ether oxygens (including phenoxy) is 1. The maximum absolute atomic E-state index is 11.0. The van der Waals surface area contributed by atoms with Crippen molar-refractivity contribution in [2.45, 2.75) is 6.42 Å². The number of nitrogens with zero attached hydrogens (tertiary/aromatic N) is 1. The van der Waals surface area contributed by atoms with E-state index in [-0.39, 0.29) is 5.97 Å². The summed E-state index contributed by atoms with van der Waals surface area (Å²) in [5, 5.41) is 0.755. The van der Waals surface area contributed by atoms with Gasteiger partial charge in [-0.15, -0.1) is 0 Å². The van der Waals surface area contributed by atoms with Gasteiger partial charge < -0.3 is 4.74 Å². The molecule has 2 aromatic rings. The smallest absolute Gasteiger partial charge is 0.337 e. The first-order valence-electron chi connectivity index (χ1n) is 6.59. The van der Waals surface area contributed by atoms with Crippen molar-refractivity contribution in [2.24, 2.45) is 4.99 Å². The normalized spacial score (nSPS) is 17.0. The molecule has 0 saturated carbocycles. The monoisotopic (exact) mass is 295 g/mol. The first-order chi connectivity index (χ1) is 10.2. The minimum Gasteiger partial charge on any atom is -0.404 e. The number of hydrogen-bond donors (Lipinski definition) is 0. The molecule has 0 aromatic heterocycles. The van der Waals surface area contributed by atoms with Gasteiger partial charge in [0.25, 0.3) is 0 Å². The lowest BCUT2D eigenvalue weighted by Crippen LogP contribution is -1.98. The van der Waals surface area contributed by atoms with E-state index in [4.69, 9.17) is 16.3 Å². The fraction of sp³-hybridized carbons (Fsp3) is 0.0588. The molecule has 4 heteroatoms. The Morgan fingerprint density at radius 1 is 1.00 bits per heavy atom. The van der Waals surface area contributed by atoms with Crippen LogP contribution in [0, 0.1) is 0 Å². The van der Waals surface area contributed by atoms with E-state index in [9.17, 15) is 4.79 Å². The molecule has 0 fully saturated rings. The number of cyclic esters (lactones) is 1. The highest BCUT2D eigenvalue weighted by molar-refractivity contribution is 6.30. The van der Waals surface area contributed by atoms with Crippen molar-refractivity contribution < 1.29 is 9.53 Å². The Morgan fingerprint density at radius 3 is 2.52 bits per heavy atom. The maximum atomic E-state index is 11.0. The average Bonchev–Trinajstić information content (AvgIpc) is 3.01. The van der Waals surface area contributed by atoms with Gasteiger partial charge >= 0.3 is 5.97 Å². The SMILES string of the molecule is O=C1C=CC(=Nc2ccc3c(c2)Cc2cc(Cl)ccc2-3)O1. The van der Waals surface area contributed by atoms with Crippen LogP contribution < -0.4 is 0 Å². The number of esters is 1. The Balaban J connectivity index is 1.72. The molecule has 0 spiro atoms. The van der Waals surface area contributed by atoms with Crippen molar-refractivity contribution in [2.75, 3.05) is 0 Å². The third-order valence-electron chi connectivity index (χ3n) is 3.63. The molecule has 0 atom stereocenters. The van der Waals surface area contributed by atoms with Crippen LogP contribution in [0.1, 0.15) is 11.1 Å². The number of rotatable bonds is 1. The second-order valence-electron chi connectivity index (χ2n) is 5.02. The lowest BCUT2D eigenvalue weighted by Gasteiger charge is -2.02. The van der Waals surface area contributed by atoms with Crippen molar-refractivity contribution >= 4 is 29.2 Å². The summed E-state index contributed by atoms with van der Waals surface area (Å²) in [6.07, 6.45) is 3.79. The van der Waals surface area contributed by atoms with Gasteiger partial charge in [0.1, 0.15) is 0 Å². The molecule has 0 bridgehead atoms. The largest absolute Gasteiger partial charge is 0.404 e. The molecular formula is C17H10ClNO2. The van der Waals surface area contributed by atoms with Crippen LogP contribution in [0.15, 0.2) is 53.5 Å². The minimum atomic E-state index is -0.378. The molecule has 1 aliphatic carbocycles. The summed E-state index contributed by atoms with van der Waals surface area (Å²) in [6.45, 7) is 0. The topological polar surface area (TPSA) is 38.7 Å². The zero-order valence-electron chi connectivity index (χ0n) is 11.0. The van der Waals surface area contributed by atoms with Crippen LogP contribution in [0.5, 0.6) is 0 Å². The van der Waals surface area contributed by atoms with Crippen molar-refractivity contribution in [3.05, 3.63) is 64.7 Å². The van der Waals surface area contributed by atoms with Crippen LogP contribution in [-0.2, 0) is 16.0 Å². The van der Waals surface area contributed by atoms with Crippen molar-refractivity contribution in [3.63, 3.8) is 0 Å². The van der Waals surface area contributed by atoms with Gasteiger partial charge in [-0.1, -0.05) is 23.7 Å². The van der Waals surface area contributed by atoms with E-state index in [0.717, 1.165) is 17.1 Å². The number of fused-ring (bicyclic) bond motifs is 3. The summed E-state index contributed by atoms with van der Waals surface area (Å²) in [7, 11) is 0. The summed E-state index contributed by atoms with van der Waals surface area (Å²) in [5.41, 5.74) is 5.66. The zero-order valence-corrected chi connectivity index (χ0v) is 11.7. The zero-order chi connectivity index (χ0) is 14.4. The molecule has 3 nitrogen and oxygen atoms in total. The van der Waals surface area contributed by atoms with Gasteiger partial charge in [0.2, 0.25) is 5.90 Å². The molecular weight excluding hydrogens is 286 g/mol. The van der Waals surface area contributed by atoms with Gasteiger partial charge in [-0.2, -0.15) is 0 Å². The summed E-state index contributed by atoms with van der Waals surface area (Å²) in [5.74, 6) is -0.0459. The molecule has 1 aliphatic heterocycles. The second-order valence-corrected chi connectivity index (χ2v) is 5.46. The molecule has 0 saturated heterocycles. The predicted molar refractivity (Wildman–Crippen MR) is 82.0 cm³/mol. The van der Waals surface area contributed by atoms with Crippen LogP contribution in [0.3, 0.4) is 0 Å². The van der Waals surface area contributed by atoms with Crippen LogP contribution in [0.25, 0.3) is 11.1 Å². The number of hydrogen-bond acceptors (Lipinski definition) is 3. The molecule has 0 unspecified atom stereocenters. The van der Waals surface area contributed by atoms with E-state index in [1.165, 1.54) is 28.3 Å². The van der Waals surface area contributed by atoms with Gasteiger partial charge in [-0.05, 0) is 52.9 Å². The Hall–Kier alpha value is -2.39. The Labute approximate surface area is 126 Å². The fourth-order valence-electron chi connectivity index (χ4n) is 2.73. The molecule has 102 valence electrons. The highest BCUT2D eigenvalue weighted by atomic mass is 35.5. The molecule has 4 rings (SSSR count). The predicted octanol–water partition coefficient (Wildman–Crippen LogP) is 4.05. The molecule has 2 aliphatic rings. The Bertz CT molecular complexity index is 837. The van der Waals surface area contributed by atoms with Gasteiger partial charge in [-0.3, -0.25) is 0 Å². The number of carbonyl (C=O) groups excluding carboxylic acids is 1. The Kier molecular flexibility index (Phi) is 2.69. The lowest BCUT2D eigenvalue weighted by molar-refractivity contribution is -0.129. The third kappa shape index (κ3) is 2.16. The van der Waals surface area contributed by atoms with Gasteiger partial charge in [0, 0.05) is 17.2 Å². The molecule has 0 N–H and O–H groups in total. The van der Waals surface area contributed by atoms with Crippen LogP contribution >= 0.6 is 11.6 Å². The van der Waals surface area contributed by atoms with E-state index >= 15 is 0 Å². The molecule has 1 heterocycles.